The van der Waals surface area contributed by atoms with Gasteiger partial charge >= 0.3 is 12.1 Å². The molecule has 13 nitrogen and oxygen atoms in total. The van der Waals surface area contributed by atoms with Gasteiger partial charge in [-0.3, -0.25) is 4.68 Å². The molecule has 266 valence electrons. The highest BCUT2D eigenvalue weighted by Crippen LogP contribution is 2.34. The molecule has 50 heavy (non-hydrogen) atoms. The van der Waals surface area contributed by atoms with Crippen LogP contribution in [0.1, 0.15) is 30.3 Å². The number of anilines is 1. The average molecular weight is 719 g/mol. The fourth-order valence-electron chi connectivity index (χ4n) is 5.37. The number of nitriles is 2. The fourth-order valence-corrected chi connectivity index (χ4v) is 6.12. The Balaban J connectivity index is 0.000000727. The number of hydrogen-bond donors (Lipinski definition) is 1. The van der Waals surface area contributed by atoms with Gasteiger partial charge in [-0.2, -0.15) is 28.8 Å². The van der Waals surface area contributed by atoms with Crippen molar-refractivity contribution >= 4 is 30.9 Å². The number of hydrogen-bond acceptors (Lipinski definition) is 10. The third-order valence-corrected chi connectivity index (χ3v) is 9.59. The molecular weight excluding hydrogens is 683 g/mol. The lowest BCUT2D eigenvalue weighted by Gasteiger charge is -2.23. The minimum Gasteiger partial charge on any atom is -0.475 e. The Hall–Kier alpha value is -5.01. The van der Waals surface area contributed by atoms with Crippen LogP contribution in [-0.4, -0.2) is 85.7 Å². The summed E-state index contributed by atoms with van der Waals surface area (Å²) < 4.78 is 67.1. The number of halogens is 5. The number of fused-ring (bicyclic) bond motifs is 1. The van der Waals surface area contributed by atoms with Gasteiger partial charge in [0.15, 0.2) is 11.5 Å². The summed E-state index contributed by atoms with van der Waals surface area (Å²) in [4.78, 5) is 28.3. The minimum atomic E-state index is -5.08. The van der Waals surface area contributed by atoms with Crippen LogP contribution in [0.5, 0.6) is 0 Å². The number of aliphatic carboxylic acids is 1. The highest BCUT2D eigenvalue weighted by Gasteiger charge is 2.38. The second-order valence-corrected chi connectivity index (χ2v) is 18.4. The van der Waals surface area contributed by atoms with Crippen molar-refractivity contribution in [2.75, 3.05) is 24.6 Å². The first-order valence-corrected chi connectivity index (χ1v) is 19.2. The van der Waals surface area contributed by atoms with Gasteiger partial charge in [0.25, 0.3) is 0 Å². The first-order valence-electron chi connectivity index (χ1n) is 15.5. The highest BCUT2D eigenvalue weighted by atomic mass is 28.3. The van der Waals surface area contributed by atoms with Gasteiger partial charge < -0.3 is 19.3 Å². The highest BCUT2D eigenvalue weighted by molar-refractivity contribution is 6.76. The maximum Gasteiger partial charge on any atom is 0.490 e. The van der Waals surface area contributed by atoms with Gasteiger partial charge in [-0.1, -0.05) is 19.6 Å². The lowest BCUT2D eigenvalue weighted by atomic mass is 9.96. The molecule has 0 spiro atoms. The molecule has 19 heteroatoms. The predicted octanol–water partition coefficient (Wildman–Crippen LogP) is 5.69. The Kier molecular flexibility index (Phi) is 12.2. The van der Waals surface area contributed by atoms with Crippen LogP contribution in [0, 0.1) is 28.6 Å². The van der Waals surface area contributed by atoms with Crippen molar-refractivity contribution in [3.8, 4) is 23.4 Å². The van der Waals surface area contributed by atoms with Crippen molar-refractivity contribution in [3.63, 3.8) is 0 Å². The van der Waals surface area contributed by atoms with E-state index >= 15 is 0 Å². The van der Waals surface area contributed by atoms with E-state index in [4.69, 9.17) is 14.6 Å². The number of rotatable bonds is 12. The third-order valence-electron chi connectivity index (χ3n) is 7.88. The maximum atomic E-state index is 12.8. The number of alkyl halides is 5. The molecule has 1 fully saturated rings. The summed E-state index contributed by atoms with van der Waals surface area (Å²) in [5, 5.41) is 31.9. The zero-order valence-electron chi connectivity index (χ0n) is 27.5. The molecule has 0 unspecified atom stereocenters. The molecule has 0 radical (unpaired) electrons. The van der Waals surface area contributed by atoms with Gasteiger partial charge in [-0.05, 0) is 18.5 Å². The molecule has 0 amide bonds. The van der Waals surface area contributed by atoms with Crippen molar-refractivity contribution in [1.82, 2.24) is 34.3 Å². The average Bonchev–Trinajstić information content (AvgIpc) is 3.81. The van der Waals surface area contributed by atoms with Gasteiger partial charge in [0.2, 0.25) is 6.43 Å². The lowest BCUT2D eigenvalue weighted by molar-refractivity contribution is -0.192. The molecule has 0 aromatic carbocycles. The number of carbonyl (C=O) groups is 1. The molecule has 2 atom stereocenters. The first kappa shape index (κ1) is 37.8. The van der Waals surface area contributed by atoms with E-state index in [9.17, 15) is 32.5 Å². The number of carboxylic acid groups (broad SMARTS) is 1. The standard InChI is InChI=1S/C29H34F2N10OSi.C2HF3O2/c1-43(2,3)11-10-42-19-40-9-6-23-27(35-18-36-28(23)40)21-14-37-41(17-21)25(4-7-32)20-5-8-39(16-20)29-24(13-33)38-22(15-34-29)12-26(30)31;3-2(4,5)1(6)7/h6,9,14-15,17-18,20,25-26H,4-5,8,10-12,16,19H2,1-3H3;(H,6,7)/t20-,25-;/m0./s1. The Labute approximate surface area is 285 Å². The normalized spacial score (nSPS) is 15.4. The zero-order valence-corrected chi connectivity index (χ0v) is 28.5. The van der Waals surface area contributed by atoms with Gasteiger partial charge in [0.05, 0.1) is 48.7 Å². The van der Waals surface area contributed by atoms with Crippen LogP contribution in [0.15, 0.2) is 37.2 Å². The molecule has 5 heterocycles. The zero-order chi connectivity index (χ0) is 36.6. The SMILES string of the molecule is C[Si](C)(C)CCOCn1ccc2c(-c3cnn([C@@H](CC#N)[C@H]4CCN(c5ncc(CC(F)F)nc5C#N)C4)c3)ncnc21.O=C(O)C(F)(F)F. The van der Waals surface area contributed by atoms with E-state index in [1.54, 1.807) is 6.20 Å². The summed E-state index contributed by atoms with van der Waals surface area (Å²) in [6.45, 7) is 9.22. The quantitative estimate of drug-likeness (QED) is 0.108. The van der Waals surface area contributed by atoms with Crippen LogP contribution >= 0.6 is 0 Å². The van der Waals surface area contributed by atoms with E-state index in [0.717, 1.165) is 34.8 Å². The van der Waals surface area contributed by atoms with Crippen LogP contribution in [-0.2, 0) is 22.7 Å². The molecule has 1 aliphatic rings. The minimum absolute atomic E-state index is 0.0261. The summed E-state index contributed by atoms with van der Waals surface area (Å²) in [6, 6.07) is 7.13. The topological polar surface area (TPSA) is 172 Å². The molecule has 0 saturated carbocycles. The molecule has 5 rings (SSSR count). The first-order chi connectivity index (χ1) is 23.6. The van der Waals surface area contributed by atoms with Crippen LogP contribution in [0.2, 0.25) is 25.7 Å². The summed E-state index contributed by atoms with van der Waals surface area (Å²) in [5.41, 5.74) is 2.45. The van der Waals surface area contributed by atoms with E-state index in [2.05, 4.69) is 50.7 Å². The molecule has 1 aliphatic heterocycles. The Morgan fingerprint density at radius 1 is 1.18 bits per heavy atom. The van der Waals surface area contributed by atoms with E-state index in [1.165, 1.54) is 12.5 Å². The van der Waals surface area contributed by atoms with E-state index in [-0.39, 0.29) is 29.8 Å². The number of nitrogens with zero attached hydrogens (tertiary/aromatic N) is 10. The fraction of sp³-hybridized carbons (Fsp3) is 0.484. The summed E-state index contributed by atoms with van der Waals surface area (Å²) in [5.74, 6) is -2.34. The van der Waals surface area contributed by atoms with Crippen molar-refractivity contribution < 1.29 is 36.6 Å². The Morgan fingerprint density at radius 2 is 1.92 bits per heavy atom. The van der Waals surface area contributed by atoms with Gasteiger partial charge in [0.1, 0.15) is 24.8 Å². The Bertz CT molecular complexity index is 1860. The van der Waals surface area contributed by atoms with Crippen molar-refractivity contribution in [2.24, 2.45) is 5.92 Å². The van der Waals surface area contributed by atoms with Crippen LogP contribution in [0.4, 0.5) is 27.8 Å². The molecular formula is C31H35F5N10O3Si. The molecule has 0 aliphatic carbocycles. The summed E-state index contributed by atoms with van der Waals surface area (Å²) in [7, 11) is -1.18. The monoisotopic (exact) mass is 718 g/mol. The lowest BCUT2D eigenvalue weighted by Crippen LogP contribution is -2.26. The van der Waals surface area contributed by atoms with Gasteiger partial charge in [0, 0.05) is 57.0 Å². The summed E-state index contributed by atoms with van der Waals surface area (Å²) in [6.07, 6.45) is 1.24. The number of aromatic nitrogens is 7. The second-order valence-electron chi connectivity index (χ2n) is 12.8. The van der Waals surface area contributed by atoms with Crippen LogP contribution in [0.3, 0.4) is 0 Å². The Morgan fingerprint density at radius 3 is 2.56 bits per heavy atom. The van der Waals surface area contributed by atoms with Crippen LogP contribution in [0.25, 0.3) is 22.3 Å². The van der Waals surface area contributed by atoms with Crippen molar-refractivity contribution in [3.05, 3.63) is 48.6 Å². The van der Waals surface area contributed by atoms with E-state index in [1.807, 2.05) is 38.7 Å². The van der Waals surface area contributed by atoms with E-state index < -0.39 is 33.1 Å². The van der Waals surface area contributed by atoms with Gasteiger partial charge in [-0.15, -0.1) is 0 Å². The second kappa shape index (κ2) is 16.1. The smallest absolute Gasteiger partial charge is 0.475 e. The van der Waals surface area contributed by atoms with E-state index in [0.29, 0.717) is 32.2 Å². The maximum absolute atomic E-state index is 12.8. The molecule has 1 N–H and O–H groups in total. The van der Waals surface area contributed by atoms with Crippen molar-refractivity contribution in [1.29, 1.82) is 10.5 Å². The number of ether oxygens (including phenoxy) is 1. The molecule has 4 aromatic heterocycles. The third kappa shape index (κ3) is 9.79. The van der Waals surface area contributed by atoms with Gasteiger partial charge in [-0.25, -0.2) is 33.5 Å². The molecule has 0 bridgehead atoms. The van der Waals surface area contributed by atoms with Crippen molar-refractivity contribution in [2.45, 2.75) is 70.3 Å². The molecule has 4 aromatic rings. The predicted molar refractivity (Wildman–Crippen MR) is 173 cm³/mol. The largest absolute Gasteiger partial charge is 0.490 e. The summed E-state index contributed by atoms with van der Waals surface area (Å²) >= 11 is 0. The molecule has 1 saturated heterocycles. The number of carboxylic acids is 1. The van der Waals surface area contributed by atoms with Crippen LogP contribution < -0.4 is 4.90 Å².